The van der Waals surface area contributed by atoms with Gasteiger partial charge in [-0.25, -0.2) is 5.43 Å². The van der Waals surface area contributed by atoms with E-state index in [2.05, 4.69) is 46.2 Å². The van der Waals surface area contributed by atoms with Crippen molar-refractivity contribution in [2.45, 2.75) is 51.4 Å². The van der Waals surface area contributed by atoms with E-state index in [1.54, 1.807) is 0 Å². The minimum absolute atomic E-state index is 0.0762. The predicted octanol–water partition coefficient (Wildman–Crippen LogP) is 1.17. The molecule has 2 unspecified atom stereocenters. The number of nitrogens with one attached hydrogen (secondary N) is 3. The van der Waals surface area contributed by atoms with Crippen LogP contribution in [0.2, 0.25) is 0 Å². The molecule has 2 aliphatic rings. The third kappa shape index (κ3) is 5.25. The van der Waals surface area contributed by atoms with E-state index in [-0.39, 0.29) is 11.9 Å². The van der Waals surface area contributed by atoms with Crippen molar-refractivity contribution >= 4 is 5.91 Å². The van der Waals surface area contributed by atoms with Crippen molar-refractivity contribution in [1.29, 1.82) is 0 Å². The first-order valence-corrected chi connectivity index (χ1v) is 9.42. The number of hydrogen-bond donors (Lipinski definition) is 3. The van der Waals surface area contributed by atoms with Crippen LogP contribution in [-0.2, 0) is 22.6 Å². The highest BCUT2D eigenvalue weighted by Crippen LogP contribution is 2.14. The molecule has 2 heterocycles. The fraction of sp³-hybridized carbons (Fsp3) is 0.632. The van der Waals surface area contributed by atoms with Crippen LogP contribution in [0, 0.1) is 0 Å². The summed E-state index contributed by atoms with van der Waals surface area (Å²) in [5.74, 6) is 0.0762. The van der Waals surface area contributed by atoms with E-state index < -0.39 is 0 Å². The lowest BCUT2D eigenvalue weighted by Gasteiger charge is -2.27. The quantitative estimate of drug-likeness (QED) is 0.692. The zero-order valence-electron chi connectivity index (χ0n) is 15.1. The minimum atomic E-state index is -0.136. The van der Waals surface area contributed by atoms with Gasteiger partial charge in [-0.1, -0.05) is 37.6 Å². The van der Waals surface area contributed by atoms with Gasteiger partial charge in [-0.3, -0.25) is 15.1 Å². The summed E-state index contributed by atoms with van der Waals surface area (Å²) in [7, 11) is 0. The Labute approximate surface area is 150 Å². The summed E-state index contributed by atoms with van der Waals surface area (Å²) in [6.45, 7) is 7.21. The lowest BCUT2D eigenvalue weighted by molar-refractivity contribution is -0.123. The van der Waals surface area contributed by atoms with E-state index in [1.807, 2.05) is 6.07 Å². The van der Waals surface area contributed by atoms with Crippen molar-refractivity contribution in [3.05, 3.63) is 35.4 Å². The van der Waals surface area contributed by atoms with Gasteiger partial charge >= 0.3 is 0 Å². The maximum absolute atomic E-state index is 12.4. The van der Waals surface area contributed by atoms with Crippen LogP contribution >= 0.6 is 0 Å². The summed E-state index contributed by atoms with van der Waals surface area (Å²) >= 11 is 0. The normalized spacial score (nSPS) is 24.4. The standard InChI is InChI=1S/C19H30N4O2/c1-2-5-17-12-18(22-21-17)19(24)20-13-15-6-3-4-7-16(15)14-23-8-10-25-11-9-23/h3-4,6-7,17-18,21-22H,2,5,8-14H2,1H3,(H,20,24). The number of amides is 1. The van der Waals surface area contributed by atoms with Crippen molar-refractivity contribution in [3.8, 4) is 0 Å². The summed E-state index contributed by atoms with van der Waals surface area (Å²) in [6.07, 6.45) is 3.08. The third-order valence-corrected chi connectivity index (χ3v) is 5.00. The molecule has 0 spiro atoms. The van der Waals surface area contributed by atoms with Crippen molar-refractivity contribution < 1.29 is 9.53 Å². The van der Waals surface area contributed by atoms with Crippen LogP contribution in [0.3, 0.4) is 0 Å². The van der Waals surface area contributed by atoms with E-state index in [1.165, 1.54) is 11.1 Å². The van der Waals surface area contributed by atoms with E-state index >= 15 is 0 Å². The first kappa shape index (κ1) is 18.3. The molecule has 0 aromatic heterocycles. The van der Waals surface area contributed by atoms with Crippen LogP contribution in [0.4, 0.5) is 0 Å². The highest BCUT2D eigenvalue weighted by Gasteiger charge is 2.28. The smallest absolute Gasteiger partial charge is 0.238 e. The number of rotatable bonds is 7. The lowest BCUT2D eigenvalue weighted by atomic mass is 10.0. The molecular formula is C19H30N4O2. The molecule has 1 amide bonds. The van der Waals surface area contributed by atoms with Crippen molar-refractivity contribution in [2.24, 2.45) is 0 Å². The molecule has 2 fully saturated rings. The van der Waals surface area contributed by atoms with E-state index in [0.717, 1.165) is 52.1 Å². The lowest BCUT2D eigenvalue weighted by Crippen LogP contribution is -2.43. The summed E-state index contributed by atoms with van der Waals surface area (Å²) in [5, 5.41) is 3.10. The molecular weight excluding hydrogens is 316 g/mol. The van der Waals surface area contributed by atoms with Crippen LogP contribution in [0.25, 0.3) is 0 Å². The monoisotopic (exact) mass is 346 g/mol. The van der Waals surface area contributed by atoms with E-state index in [9.17, 15) is 4.79 Å². The number of ether oxygens (including phenoxy) is 1. The van der Waals surface area contributed by atoms with E-state index in [4.69, 9.17) is 4.74 Å². The minimum Gasteiger partial charge on any atom is -0.379 e. The summed E-state index contributed by atoms with van der Waals surface area (Å²) < 4.78 is 5.42. The maximum atomic E-state index is 12.4. The number of carbonyl (C=O) groups excluding carboxylic acids is 1. The van der Waals surface area contributed by atoms with Crippen LogP contribution in [0.1, 0.15) is 37.3 Å². The molecule has 0 saturated carbocycles. The Morgan fingerprint density at radius 3 is 2.76 bits per heavy atom. The number of morpholine rings is 1. The number of nitrogens with zero attached hydrogens (tertiary/aromatic N) is 1. The predicted molar refractivity (Wildman–Crippen MR) is 97.8 cm³/mol. The first-order valence-electron chi connectivity index (χ1n) is 9.42. The van der Waals surface area contributed by atoms with Crippen LogP contribution in [0.5, 0.6) is 0 Å². The average molecular weight is 346 g/mol. The molecule has 1 aromatic carbocycles. The van der Waals surface area contributed by atoms with Gasteiger partial charge in [0, 0.05) is 32.2 Å². The van der Waals surface area contributed by atoms with Gasteiger partial charge in [-0.2, -0.15) is 0 Å². The zero-order valence-corrected chi connectivity index (χ0v) is 15.1. The van der Waals surface area contributed by atoms with Crippen LogP contribution < -0.4 is 16.2 Å². The Hall–Kier alpha value is -1.47. The average Bonchev–Trinajstić information content (AvgIpc) is 3.11. The molecule has 2 atom stereocenters. The largest absolute Gasteiger partial charge is 0.379 e. The maximum Gasteiger partial charge on any atom is 0.238 e. The molecule has 0 aliphatic carbocycles. The molecule has 2 saturated heterocycles. The van der Waals surface area contributed by atoms with Crippen molar-refractivity contribution in [1.82, 2.24) is 21.1 Å². The Kier molecular flexibility index (Phi) is 6.81. The molecule has 2 aliphatic heterocycles. The molecule has 0 bridgehead atoms. The fourth-order valence-electron chi connectivity index (χ4n) is 3.52. The summed E-state index contributed by atoms with van der Waals surface area (Å²) in [4.78, 5) is 14.8. The van der Waals surface area contributed by atoms with Gasteiger partial charge in [0.25, 0.3) is 0 Å². The molecule has 3 N–H and O–H groups in total. The SMILES string of the molecule is CCCC1CC(C(=O)NCc2ccccc2CN2CCOCC2)NN1. The topological polar surface area (TPSA) is 65.6 Å². The second kappa shape index (κ2) is 9.29. The highest BCUT2D eigenvalue weighted by molar-refractivity contribution is 5.82. The van der Waals surface area contributed by atoms with Crippen LogP contribution in [-0.4, -0.2) is 49.2 Å². The third-order valence-electron chi connectivity index (χ3n) is 5.00. The number of benzene rings is 1. The molecule has 6 heteroatoms. The molecule has 138 valence electrons. The Morgan fingerprint density at radius 2 is 2.00 bits per heavy atom. The summed E-state index contributed by atoms with van der Waals surface area (Å²) in [5.41, 5.74) is 8.82. The molecule has 3 rings (SSSR count). The number of hydrogen-bond acceptors (Lipinski definition) is 5. The summed E-state index contributed by atoms with van der Waals surface area (Å²) in [6, 6.07) is 8.63. The Balaban J connectivity index is 1.51. The zero-order chi connectivity index (χ0) is 17.5. The van der Waals surface area contributed by atoms with Gasteiger partial charge in [0.15, 0.2) is 0 Å². The Morgan fingerprint density at radius 1 is 1.24 bits per heavy atom. The fourth-order valence-corrected chi connectivity index (χ4v) is 3.52. The molecule has 6 nitrogen and oxygen atoms in total. The van der Waals surface area contributed by atoms with Gasteiger partial charge in [0.2, 0.25) is 5.91 Å². The second-order valence-corrected chi connectivity index (χ2v) is 6.94. The Bertz CT molecular complexity index is 560. The van der Waals surface area contributed by atoms with Crippen molar-refractivity contribution in [3.63, 3.8) is 0 Å². The molecule has 1 aromatic rings. The molecule has 0 radical (unpaired) electrons. The van der Waals surface area contributed by atoms with Crippen molar-refractivity contribution in [2.75, 3.05) is 26.3 Å². The van der Waals surface area contributed by atoms with Crippen LogP contribution in [0.15, 0.2) is 24.3 Å². The number of carbonyl (C=O) groups is 1. The van der Waals surface area contributed by atoms with Gasteiger partial charge in [-0.15, -0.1) is 0 Å². The highest BCUT2D eigenvalue weighted by atomic mass is 16.5. The van der Waals surface area contributed by atoms with Gasteiger partial charge in [0.05, 0.1) is 13.2 Å². The first-order chi connectivity index (χ1) is 12.3. The second-order valence-electron chi connectivity index (χ2n) is 6.94. The van der Waals surface area contributed by atoms with Gasteiger partial charge in [0.1, 0.15) is 6.04 Å². The number of hydrazine groups is 1. The van der Waals surface area contributed by atoms with Gasteiger partial charge in [-0.05, 0) is 24.0 Å². The molecule has 25 heavy (non-hydrogen) atoms. The van der Waals surface area contributed by atoms with E-state index in [0.29, 0.717) is 12.6 Å². The van der Waals surface area contributed by atoms with Gasteiger partial charge < -0.3 is 10.1 Å².